The normalized spacial score (nSPS) is 30.6. The number of hydrogen-bond acceptors (Lipinski definition) is 3. The molecule has 2 bridgehead atoms. The third kappa shape index (κ3) is 3.42. The highest BCUT2D eigenvalue weighted by molar-refractivity contribution is 5.83. The van der Waals surface area contributed by atoms with E-state index in [9.17, 15) is 14.7 Å². The number of carboxylic acid groups (broad SMARTS) is 1. The van der Waals surface area contributed by atoms with Crippen LogP contribution in [0.15, 0.2) is 0 Å². The summed E-state index contributed by atoms with van der Waals surface area (Å²) in [7, 11) is 0. The number of nitrogens with one attached hydrogen (secondary N) is 2. The molecule has 3 heterocycles. The van der Waals surface area contributed by atoms with Gasteiger partial charge < -0.3 is 20.6 Å². The zero-order chi connectivity index (χ0) is 14.9. The van der Waals surface area contributed by atoms with E-state index in [1.54, 1.807) is 20.8 Å². The molecule has 3 fully saturated rings. The van der Waals surface area contributed by atoms with Gasteiger partial charge in [0.15, 0.2) is 0 Å². The molecule has 0 aliphatic carbocycles. The predicted octanol–water partition coefficient (Wildman–Crippen LogP) is 0.879. The predicted molar refractivity (Wildman–Crippen MR) is 75.5 cm³/mol. The molecule has 114 valence electrons. The van der Waals surface area contributed by atoms with Gasteiger partial charge in [-0.05, 0) is 37.3 Å². The first-order valence-corrected chi connectivity index (χ1v) is 7.29. The van der Waals surface area contributed by atoms with Crippen molar-refractivity contribution in [3.63, 3.8) is 0 Å². The Balaban J connectivity index is 1.90. The number of aliphatic carboxylic acids is 1. The largest absolute Gasteiger partial charge is 0.480 e. The van der Waals surface area contributed by atoms with Crippen molar-refractivity contribution in [2.45, 2.75) is 45.7 Å². The van der Waals surface area contributed by atoms with Gasteiger partial charge >= 0.3 is 12.0 Å². The third-order valence-corrected chi connectivity index (χ3v) is 4.36. The van der Waals surface area contributed by atoms with Crippen LogP contribution in [0.3, 0.4) is 0 Å². The summed E-state index contributed by atoms with van der Waals surface area (Å²) < 4.78 is 0. The molecule has 3 aliphatic heterocycles. The second-order valence-corrected chi connectivity index (χ2v) is 7.00. The van der Waals surface area contributed by atoms with Gasteiger partial charge in [0.25, 0.3) is 0 Å². The fourth-order valence-corrected chi connectivity index (χ4v) is 3.12. The fraction of sp³-hybridized carbons (Fsp3) is 0.857. The molecule has 0 radical (unpaired) electrons. The van der Waals surface area contributed by atoms with E-state index < -0.39 is 17.4 Å². The highest BCUT2D eigenvalue weighted by atomic mass is 16.4. The summed E-state index contributed by atoms with van der Waals surface area (Å²) in [6, 6.07) is -1.11. The minimum absolute atomic E-state index is 0.145. The summed E-state index contributed by atoms with van der Waals surface area (Å²) in [6.45, 7) is 8.53. The quantitative estimate of drug-likeness (QED) is 0.718. The molecular formula is C14H25N3O3. The number of piperidine rings is 3. The van der Waals surface area contributed by atoms with Crippen LogP contribution in [-0.2, 0) is 4.79 Å². The van der Waals surface area contributed by atoms with Crippen molar-refractivity contribution < 1.29 is 14.7 Å². The Labute approximate surface area is 119 Å². The second kappa shape index (κ2) is 5.60. The molecule has 3 saturated heterocycles. The monoisotopic (exact) mass is 283 g/mol. The number of fused-ring (bicyclic) bond motifs is 3. The average Bonchev–Trinajstić information content (AvgIpc) is 2.35. The van der Waals surface area contributed by atoms with Crippen molar-refractivity contribution in [2.24, 2.45) is 11.3 Å². The number of nitrogens with zero attached hydrogens (tertiary/aromatic N) is 1. The Morgan fingerprint density at radius 1 is 1.25 bits per heavy atom. The lowest BCUT2D eigenvalue weighted by molar-refractivity contribution is -0.141. The lowest BCUT2D eigenvalue weighted by Gasteiger charge is -2.45. The molecule has 1 unspecified atom stereocenters. The summed E-state index contributed by atoms with van der Waals surface area (Å²) in [6.07, 6.45) is 2.24. The molecular weight excluding hydrogens is 258 g/mol. The van der Waals surface area contributed by atoms with Gasteiger partial charge in [-0.1, -0.05) is 20.8 Å². The van der Waals surface area contributed by atoms with Crippen LogP contribution in [-0.4, -0.2) is 53.7 Å². The van der Waals surface area contributed by atoms with Gasteiger partial charge in [0, 0.05) is 12.6 Å². The molecule has 20 heavy (non-hydrogen) atoms. The van der Waals surface area contributed by atoms with Crippen LogP contribution in [0.2, 0.25) is 0 Å². The number of urea groups is 1. The third-order valence-electron chi connectivity index (χ3n) is 4.36. The first-order valence-electron chi connectivity index (χ1n) is 7.29. The van der Waals surface area contributed by atoms with Gasteiger partial charge in [0.1, 0.15) is 6.04 Å². The zero-order valence-corrected chi connectivity index (χ0v) is 12.5. The van der Waals surface area contributed by atoms with Gasteiger partial charge in [0.05, 0.1) is 0 Å². The van der Waals surface area contributed by atoms with Crippen LogP contribution >= 0.6 is 0 Å². The maximum absolute atomic E-state index is 12.0. The summed E-state index contributed by atoms with van der Waals surface area (Å²) in [5.74, 6) is -0.467. The SMILES string of the molecule is CC(C)(C)[C@H](NC(=O)NC1CN2CCC1CC2)C(=O)O. The van der Waals surface area contributed by atoms with E-state index in [-0.39, 0.29) is 12.1 Å². The molecule has 2 atom stereocenters. The molecule has 3 aliphatic rings. The minimum atomic E-state index is -0.999. The Morgan fingerprint density at radius 2 is 1.85 bits per heavy atom. The first-order chi connectivity index (χ1) is 9.27. The lowest BCUT2D eigenvalue weighted by Crippen LogP contribution is -2.61. The number of carbonyl (C=O) groups is 2. The van der Waals surface area contributed by atoms with E-state index in [2.05, 4.69) is 15.5 Å². The van der Waals surface area contributed by atoms with Crippen molar-refractivity contribution in [1.29, 1.82) is 0 Å². The van der Waals surface area contributed by atoms with E-state index in [1.165, 1.54) is 0 Å². The Kier molecular flexibility index (Phi) is 4.22. The van der Waals surface area contributed by atoms with E-state index in [0.29, 0.717) is 5.92 Å². The van der Waals surface area contributed by atoms with Crippen molar-refractivity contribution in [3.05, 3.63) is 0 Å². The Bertz CT molecular complexity index is 384. The van der Waals surface area contributed by atoms with Gasteiger partial charge in [-0.3, -0.25) is 0 Å². The summed E-state index contributed by atoms with van der Waals surface area (Å²) in [4.78, 5) is 25.6. The lowest BCUT2D eigenvalue weighted by atomic mass is 9.84. The Morgan fingerprint density at radius 3 is 2.25 bits per heavy atom. The maximum Gasteiger partial charge on any atom is 0.326 e. The number of carboxylic acids is 1. The number of carbonyl (C=O) groups excluding carboxylic acids is 1. The molecule has 6 nitrogen and oxygen atoms in total. The van der Waals surface area contributed by atoms with E-state index >= 15 is 0 Å². The number of hydrogen-bond donors (Lipinski definition) is 3. The van der Waals surface area contributed by atoms with Crippen LogP contribution in [0.4, 0.5) is 4.79 Å². The fourth-order valence-electron chi connectivity index (χ4n) is 3.12. The molecule has 2 amide bonds. The maximum atomic E-state index is 12.0. The van der Waals surface area contributed by atoms with E-state index in [4.69, 9.17) is 0 Å². The molecule has 6 heteroatoms. The van der Waals surface area contributed by atoms with Crippen LogP contribution in [0, 0.1) is 11.3 Å². The summed E-state index contributed by atoms with van der Waals surface area (Å²) >= 11 is 0. The van der Waals surface area contributed by atoms with Crippen molar-refractivity contribution >= 4 is 12.0 Å². The molecule has 0 saturated carbocycles. The number of amides is 2. The van der Waals surface area contributed by atoms with Crippen LogP contribution in [0.5, 0.6) is 0 Å². The summed E-state index contributed by atoms with van der Waals surface area (Å²) in [5, 5.41) is 14.8. The topological polar surface area (TPSA) is 81.7 Å². The minimum Gasteiger partial charge on any atom is -0.480 e. The zero-order valence-electron chi connectivity index (χ0n) is 12.5. The van der Waals surface area contributed by atoms with E-state index in [1.807, 2.05) is 0 Å². The van der Waals surface area contributed by atoms with Crippen molar-refractivity contribution in [1.82, 2.24) is 15.5 Å². The average molecular weight is 283 g/mol. The molecule has 3 rings (SSSR count). The van der Waals surface area contributed by atoms with Gasteiger partial charge in [-0.25, -0.2) is 9.59 Å². The molecule has 0 aromatic heterocycles. The summed E-state index contributed by atoms with van der Waals surface area (Å²) in [5.41, 5.74) is -0.516. The molecule has 0 aromatic rings. The van der Waals surface area contributed by atoms with Crippen LogP contribution in [0.1, 0.15) is 33.6 Å². The molecule has 0 aromatic carbocycles. The highest BCUT2D eigenvalue weighted by Crippen LogP contribution is 2.27. The second-order valence-electron chi connectivity index (χ2n) is 7.00. The standard InChI is InChI=1S/C14H25N3O3/c1-14(2,3)11(12(18)19)16-13(20)15-10-8-17-6-4-9(10)5-7-17/h9-11H,4-8H2,1-3H3,(H,18,19)(H2,15,16,20)/t10?,11-/m1/s1. The molecule has 0 spiro atoms. The van der Waals surface area contributed by atoms with Crippen LogP contribution in [0.25, 0.3) is 0 Å². The van der Waals surface area contributed by atoms with Gasteiger partial charge in [-0.15, -0.1) is 0 Å². The van der Waals surface area contributed by atoms with Gasteiger partial charge in [-0.2, -0.15) is 0 Å². The van der Waals surface area contributed by atoms with Gasteiger partial charge in [0.2, 0.25) is 0 Å². The number of rotatable bonds is 3. The van der Waals surface area contributed by atoms with Crippen molar-refractivity contribution in [2.75, 3.05) is 19.6 Å². The smallest absolute Gasteiger partial charge is 0.326 e. The van der Waals surface area contributed by atoms with Crippen molar-refractivity contribution in [3.8, 4) is 0 Å². The Hall–Kier alpha value is -1.30. The first kappa shape index (κ1) is 15.1. The van der Waals surface area contributed by atoms with Crippen LogP contribution < -0.4 is 10.6 Å². The van der Waals surface area contributed by atoms with E-state index in [0.717, 1.165) is 32.5 Å². The molecule has 3 N–H and O–H groups in total. The highest BCUT2D eigenvalue weighted by Gasteiger charge is 2.37.